The highest BCUT2D eigenvalue weighted by Gasteiger charge is 2.06. The zero-order chi connectivity index (χ0) is 17.2. The summed E-state index contributed by atoms with van der Waals surface area (Å²) in [5, 5.41) is 3.43. The van der Waals surface area contributed by atoms with Crippen molar-refractivity contribution in [3.63, 3.8) is 0 Å². The Labute approximate surface area is 143 Å². The van der Waals surface area contributed by atoms with E-state index < -0.39 is 0 Å². The summed E-state index contributed by atoms with van der Waals surface area (Å²) in [5.74, 6) is 1.60. The predicted molar refractivity (Wildman–Crippen MR) is 93.2 cm³/mol. The van der Waals surface area contributed by atoms with Crippen molar-refractivity contribution >= 4 is 0 Å². The smallest absolute Gasteiger partial charge is 0.188 e. The van der Waals surface area contributed by atoms with Crippen molar-refractivity contribution < 1.29 is 18.9 Å². The van der Waals surface area contributed by atoms with E-state index in [1.54, 1.807) is 21.3 Å². The molecule has 130 valence electrons. The summed E-state index contributed by atoms with van der Waals surface area (Å²) < 4.78 is 21.0. The molecule has 0 saturated heterocycles. The van der Waals surface area contributed by atoms with Crippen molar-refractivity contribution in [3.8, 4) is 11.5 Å². The maximum Gasteiger partial charge on any atom is 0.188 e. The molecule has 2 aromatic carbocycles. The van der Waals surface area contributed by atoms with Gasteiger partial charge in [0.25, 0.3) is 0 Å². The molecule has 0 aromatic heterocycles. The number of hydrogen-bond acceptors (Lipinski definition) is 5. The van der Waals surface area contributed by atoms with E-state index >= 15 is 0 Å². The van der Waals surface area contributed by atoms with E-state index in [1.165, 1.54) is 11.1 Å². The van der Waals surface area contributed by atoms with Crippen molar-refractivity contribution in [2.24, 2.45) is 0 Å². The molecule has 0 saturated carbocycles. The number of methoxy groups -OCH3 is 3. The average molecular weight is 331 g/mol. The molecule has 2 aromatic rings. The van der Waals surface area contributed by atoms with E-state index in [1.807, 2.05) is 18.2 Å². The van der Waals surface area contributed by atoms with Crippen molar-refractivity contribution in [2.75, 3.05) is 28.1 Å². The predicted octanol–water partition coefficient (Wildman–Crippen LogP) is 3.11. The van der Waals surface area contributed by atoms with Gasteiger partial charge in [-0.1, -0.05) is 24.3 Å². The molecule has 5 nitrogen and oxygen atoms in total. The van der Waals surface area contributed by atoms with Crippen molar-refractivity contribution in [3.05, 3.63) is 59.2 Å². The van der Waals surface area contributed by atoms with E-state index in [2.05, 4.69) is 29.6 Å². The monoisotopic (exact) mass is 331 g/mol. The fourth-order valence-corrected chi connectivity index (χ4v) is 2.35. The quantitative estimate of drug-likeness (QED) is 0.678. The van der Waals surface area contributed by atoms with E-state index in [-0.39, 0.29) is 6.79 Å². The summed E-state index contributed by atoms with van der Waals surface area (Å²) in [5.41, 5.74) is 3.42. The third-order valence-corrected chi connectivity index (χ3v) is 3.58. The van der Waals surface area contributed by atoms with E-state index in [0.29, 0.717) is 13.2 Å². The van der Waals surface area contributed by atoms with Crippen LogP contribution >= 0.6 is 0 Å². The van der Waals surface area contributed by atoms with Crippen LogP contribution in [0.4, 0.5) is 0 Å². The van der Waals surface area contributed by atoms with Gasteiger partial charge < -0.3 is 24.3 Å². The molecule has 0 spiro atoms. The van der Waals surface area contributed by atoms with Crippen molar-refractivity contribution in [1.82, 2.24) is 5.32 Å². The van der Waals surface area contributed by atoms with Gasteiger partial charge in [-0.05, 0) is 29.3 Å². The maximum absolute atomic E-state index is 5.60. The van der Waals surface area contributed by atoms with Crippen LogP contribution in [-0.2, 0) is 29.2 Å². The van der Waals surface area contributed by atoms with Crippen LogP contribution in [0.15, 0.2) is 42.5 Å². The fraction of sp³-hybridized carbons (Fsp3) is 0.368. The Balaban J connectivity index is 1.94. The van der Waals surface area contributed by atoms with Gasteiger partial charge in [-0.15, -0.1) is 0 Å². The molecule has 0 atom stereocenters. The lowest BCUT2D eigenvalue weighted by Gasteiger charge is -2.13. The summed E-state index contributed by atoms with van der Waals surface area (Å²) in [7, 11) is 4.96. The highest BCUT2D eigenvalue weighted by Crippen LogP contribution is 2.24. The number of benzene rings is 2. The molecule has 0 aliphatic carbocycles. The average Bonchev–Trinajstić information content (AvgIpc) is 2.62. The second-order valence-electron chi connectivity index (χ2n) is 5.38. The lowest BCUT2D eigenvalue weighted by molar-refractivity contribution is 0.0503. The molecule has 0 heterocycles. The summed E-state index contributed by atoms with van der Waals surface area (Å²) in [6, 6.07) is 14.1. The molecule has 0 aliphatic rings. The van der Waals surface area contributed by atoms with Gasteiger partial charge in [0.05, 0.1) is 13.7 Å². The SMILES string of the molecule is COCOc1ccc(OC)cc1CNCc1ccc(COC)cc1. The van der Waals surface area contributed by atoms with E-state index in [0.717, 1.165) is 23.6 Å². The number of ether oxygens (including phenoxy) is 4. The second kappa shape index (κ2) is 9.93. The van der Waals surface area contributed by atoms with Crippen molar-refractivity contribution in [2.45, 2.75) is 19.7 Å². The minimum Gasteiger partial charge on any atom is -0.497 e. The van der Waals surface area contributed by atoms with Gasteiger partial charge in [-0.25, -0.2) is 0 Å². The first-order valence-corrected chi connectivity index (χ1v) is 7.83. The Bertz CT molecular complexity index is 613. The molecule has 0 unspecified atom stereocenters. The molecular formula is C19H25NO4. The van der Waals surface area contributed by atoms with E-state index in [4.69, 9.17) is 18.9 Å². The summed E-state index contributed by atoms with van der Waals surface area (Å²) in [4.78, 5) is 0. The summed E-state index contributed by atoms with van der Waals surface area (Å²) in [6.45, 7) is 2.31. The fourth-order valence-electron chi connectivity index (χ4n) is 2.35. The number of hydrogen-bond donors (Lipinski definition) is 1. The molecule has 1 N–H and O–H groups in total. The van der Waals surface area contributed by atoms with E-state index in [9.17, 15) is 0 Å². The molecule has 5 heteroatoms. The molecule has 24 heavy (non-hydrogen) atoms. The zero-order valence-electron chi connectivity index (χ0n) is 14.5. The molecule has 0 radical (unpaired) electrons. The van der Waals surface area contributed by atoms with Crippen LogP contribution < -0.4 is 14.8 Å². The first-order chi connectivity index (χ1) is 11.8. The maximum atomic E-state index is 5.60. The standard InChI is InChI=1S/C19H25NO4/c1-21-13-16-6-4-15(5-7-16)11-20-12-17-10-18(23-3)8-9-19(17)24-14-22-2/h4-10,20H,11-14H2,1-3H3. The molecule has 0 aliphatic heterocycles. The van der Waals surface area contributed by atoms with Crippen LogP contribution in [0, 0.1) is 0 Å². The van der Waals surface area contributed by atoms with Crippen LogP contribution in [0.5, 0.6) is 11.5 Å². The molecular weight excluding hydrogens is 306 g/mol. The minimum atomic E-state index is 0.223. The van der Waals surface area contributed by atoms with Gasteiger partial charge in [-0.2, -0.15) is 0 Å². The Kier molecular flexibility index (Phi) is 7.55. The van der Waals surface area contributed by atoms with Gasteiger partial charge in [-0.3, -0.25) is 0 Å². The first-order valence-electron chi connectivity index (χ1n) is 7.83. The Hall–Kier alpha value is -2.08. The lowest BCUT2D eigenvalue weighted by Crippen LogP contribution is -2.14. The normalized spacial score (nSPS) is 10.6. The van der Waals surface area contributed by atoms with Gasteiger partial charge in [0, 0.05) is 32.9 Å². The Morgan fingerprint density at radius 2 is 1.58 bits per heavy atom. The third-order valence-electron chi connectivity index (χ3n) is 3.58. The molecule has 2 rings (SSSR count). The minimum absolute atomic E-state index is 0.223. The van der Waals surface area contributed by atoms with Crippen LogP contribution in [0.25, 0.3) is 0 Å². The third kappa shape index (κ3) is 5.53. The van der Waals surface area contributed by atoms with Crippen LogP contribution in [0.3, 0.4) is 0 Å². The largest absolute Gasteiger partial charge is 0.497 e. The van der Waals surface area contributed by atoms with Crippen LogP contribution in [0.2, 0.25) is 0 Å². The molecule has 0 amide bonds. The van der Waals surface area contributed by atoms with Gasteiger partial charge in [0.1, 0.15) is 11.5 Å². The van der Waals surface area contributed by atoms with Gasteiger partial charge in [0.2, 0.25) is 0 Å². The summed E-state index contributed by atoms with van der Waals surface area (Å²) in [6.07, 6.45) is 0. The number of nitrogens with one attached hydrogen (secondary N) is 1. The second-order valence-corrected chi connectivity index (χ2v) is 5.38. The highest BCUT2D eigenvalue weighted by molar-refractivity contribution is 5.40. The summed E-state index contributed by atoms with van der Waals surface area (Å²) >= 11 is 0. The zero-order valence-corrected chi connectivity index (χ0v) is 14.5. The van der Waals surface area contributed by atoms with Crippen LogP contribution in [-0.4, -0.2) is 28.1 Å². The molecule has 0 bridgehead atoms. The lowest BCUT2D eigenvalue weighted by atomic mass is 10.1. The Morgan fingerprint density at radius 3 is 2.25 bits per heavy atom. The highest BCUT2D eigenvalue weighted by atomic mass is 16.7. The van der Waals surface area contributed by atoms with Crippen molar-refractivity contribution in [1.29, 1.82) is 0 Å². The van der Waals surface area contributed by atoms with Gasteiger partial charge in [0.15, 0.2) is 6.79 Å². The van der Waals surface area contributed by atoms with Crippen LogP contribution in [0.1, 0.15) is 16.7 Å². The first kappa shape index (κ1) is 18.3. The molecule has 0 fully saturated rings. The van der Waals surface area contributed by atoms with Gasteiger partial charge >= 0.3 is 0 Å². The topological polar surface area (TPSA) is 49.0 Å². The number of rotatable bonds is 10. The Morgan fingerprint density at radius 1 is 0.833 bits per heavy atom.